The number of carbonyl (C=O) groups excluding carboxylic acids is 1. The van der Waals surface area contributed by atoms with Gasteiger partial charge in [0.1, 0.15) is 12.4 Å². The molecule has 6 nitrogen and oxygen atoms in total. The van der Waals surface area contributed by atoms with Crippen molar-refractivity contribution in [1.29, 1.82) is 0 Å². The molecule has 2 heterocycles. The van der Waals surface area contributed by atoms with Crippen LogP contribution >= 0.6 is 0 Å². The molecule has 0 spiro atoms. The molecule has 0 saturated carbocycles. The Morgan fingerprint density at radius 3 is 2.65 bits per heavy atom. The van der Waals surface area contributed by atoms with Gasteiger partial charge in [-0.25, -0.2) is 4.98 Å². The van der Waals surface area contributed by atoms with E-state index >= 15 is 0 Å². The standard InChI is InChI=1S/C30H35N3O3Si/c1-20-18-33(19-36-15-16-37(2,3)4)29-27(20)24(13-14-31-29)21-9-11-22(12-10-21)30(35)32-28-25-8-6-5-7-23(25)17-26(28)34/h5-14,18,26,28,34H,15-17,19H2,1-4H3,(H,32,35)/t26-,28-/m1/s1. The Morgan fingerprint density at radius 2 is 1.89 bits per heavy atom. The summed E-state index contributed by atoms with van der Waals surface area (Å²) >= 11 is 0. The minimum absolute atomic E-state index is 0.190. The van der Waals surface area contributed by atoms with Crippen molar-refractivity contribution >= 4 is 25.0 Å². The van der Waals surface area contributed by atoms with E-state index in [1.54, 1.807) is 0 Å². The van der Waals surface area contributed by atoms with E-state index in [1.165, 1.54) is 0 Å². The molecule has 37 heavy (non-hydrogen) atoms. The number of benzene rings is 2. The van der Waals surface area contributed by atoms with Crippen LogP contribution < -0.4 is 5.32 Å². The average molecular weight is 514 g/mol. The smallest absolute Gasteiger partial charge is 0.251 e. The zero-order valence-corrected chi connectivity index (χ0v) is 23.0. The maximum Gasteiger partial charge on any atom is 0.251 e. The number of nitrogens with one attached hydrogen (secondary N) is 1. The minimum atomic E-state index is -1.13. The van der Waals surface area contributed by atoms with Gasteiger partial charge in [-0.1, -0.05) is 56.0 Å². The third kappa shape index (κ3) is 5.39. The molecule has 0 bridgehead atoms. The molecular weight excluding hydrogens is 478 g/mol. The molecule has 1 aliphatic carbocycles. The van der Waals surface area contributed by atoms with Gasteiger partial charge in [0.25, 0.3) is 5.91 Å². The fourth-order valence-corrected chi connectivity index (χ4v) is 5.83. The van der Waals surface area contributed by atoms with Crippen molar-refractivity contribution < 1.29 is 14.6 Å². The third-order valence-electron chi connectivity index (χ3n) is 7.12. The Bertz CT molecular complexity index is 1420. The summed E-state index contributed by atoms with van der Waals surface area (Å²) in [5.41, 5.74) is 6.79. The zero-order chi connectivity index (χ0) is 26.2. The van der Waals surface area contributed by atoms with E-state index in [1.807, 2.05) is 60.8 Å². The Morgan fingerprint density at radius 1 is 1.14 bits per heavy atom. The maximum atomic E-state index is 13.0. The molecule has 2 aromatic heterocycles. The van der Waals surface area contributed by atoms with E-state index in [0.29, 0.717) is 18.7 Å². The second kappa shape index (κ2) is 10.2. The summed E-state index contributed by atoms with van der Waals surface area (Å²) < 4.78 is 8.06. The molecule has 0 fully saturated rings. The van der Waals surface area contributed by atoms with Gasteiger partial charge in [0, 0.05) is 44.4 Å². The van der Waals surface area contributed by atoms with Crippen molar-refractivity contribution in [3.63, 3.8) is 0 Å². The summed E-state index contributed by atoms with van der Waals surface area (Å²) in [7, 11) is -1.13. The maximum absolute atomic E-state index is 13.0. The van der Waals surface area contributed by atoms with Crippen LogP contribution in [0.25, 0.3) is 22.2 Å². The molecule has 192 valence electrons. The number of nitrogens with zero attached hydrogens (tertiary/aromatic N) is 2. The largest absolute Gasteiger partial charge is 0.390 e. The molecule has 0 unspecified atom stereocenters. The van der Waals surface area contributed by atoms with E-state index in [0.717, 1.165) is 51.5 Å². The fraction of sp³-hybridized carbons (Fsp3) is 0.333. The quantitative estimate of drug-likeness (QED) is 0.234. The summed E-state index contributed by atoms with van der Waals surface area (Å²) in [6.45, 7) is 10.4. The van der Waals surface area contributed by atoms with Crippen LogP contribution in [0.2, 0.25) is 25.7 Å². The molecule has 1 amide bonds. The molecule has 4 aromatic rings. The highest BCUT2D eigenvalue weighted by Gasteiger charge is 2.32. The first kappa shape index (κ1) is 25.4. The minimum Gasteiger partial charge on any atom is -0.390 e. The molecule has 0 saturated heterocycles. The lowest BCUT2D eigenvalue weighted by molar-refractivity contribution is 0.0858. The van der Waals surface area contributed by atoms with E-state index in [4.69, 9.17) is 4.74 Å². The number of aliphatic hydroxyl groups is 1. The number of aryl methyl sites for hydroxylation is 1. The van der Waals surface area contributed by atoms with Crippen LogP contribution in [0.4, 0.5) is 0 Å². The van der Waals surface area contributed by atoms with Crippen LogP contribution in [-0.2, 0) is 17.9 Å². The lowest BCUT2D eigenvalue weighted by Gasteiger charge is -2.18. The van der Waals surface area contributed by atoms with Gasteiger partial charge in [-0.05, 0) is 59.0 Å². The van der Waals surface area contributed by atoms with Crippen LogP contribution in [-0.4, -0.2) is 41.3 Å². The SMILES string of the molecule is Cc1cn(COCC[Si](C)(C)C)c2nccc(-c3ccc(C(=O)N[C@@H]4c5ccccc5C[C@H]4O)cc3)c12. The van der Waals surface area contributed by atoms with Gasteiger partial charge < -0.3 is 19.7 Å². The topological polar surface area (TPSA) is 76.4 Å². The van der Waals surface area contributed by atoms with E-state index in [2.05, 4.69) is 47.6 Å². The zero-order valence-electron chi connectivity index (χ0n) is 22.0. The van der Waals surface area contributed by atoms with Crippen LogP contribution in [0.3, 0.4) is 0 Å². The highest BCUT2D eigenvalue weighted by molar-refractivity contribution is 6.76. The first-order valence-electron chi connectivity index (χ1n) is 12.9. The lowest BCUT2D eigenvalue weighted by atomic mass is 10.00. The van der Waals surface area contributed by atoms with Crippen molar-refractivity contribution in [2.24, 2.45) is 0 Å². The summed E-state index contributed by atoms with van der Waals surface area (Å²) in [4.78, 5) is 17.7. The molecule has 2 atom stereocenters. The summed E-state index contributed by atoms with van der Waals surface area (Å²) in [6, 6.07) is 18.3. The fourth-order valence-electron chi connectivity index (χ4n) is 5.07. The van der Waals surface area contributed by atoms with Gasteiger partial charge >= 0.3 is 0 Å². The molecular formula is C30H35N3O3Si. The highest BCUT2D eigenvalue weighted by atomic mass is 28.3. The van der Waals surface area contributed by atoms with Gasteiger partial charge in [0.2, 0.25) is 0 Å². The lowest BCUT2D eigenvalue weighted by Crippen LogP contribution is -2.33. The second-order valence-electron chi connectivity index (χ2n) is 11.2. The summed E-state index contributed by atoms with van der Waals surface area (Å²) in [5.74, 6) is -0.190. The molecule has 0 radical (unpaired) electrons. The van der Waals surface area contributed by atoms with Gasteiger partial charge in [-0.15, -0.1) is 0 Å². The van der Waals surface area contributed by atoms with Crippen molar-refractivity contribution in [2.75, 3.05) is 6.61 Å². The van der Waals surface area contributed by atoms with Crippen LogP contribution in [0.5, 0.6) is 0 Å². The van der Waals surface area contributed by atoms with Crippen LogP contribution in [0.1, 0.15) is 33.1 Å². The summed E-state index contributed by atoms with van der Waals surface area (Å²) in [6.07, 6.45) is 3.87. The van der Waals surface area contributed by atoms with E-state index in [-0.39, 0.29) is 5.91 Å². The van der Waals surface area contributed by atoms with Gasteiger partial charge in [-0.2, -0.15) is 0 Å². The molecule has 0 aliphatic heterocycles. The number of carbonyl (C=O) groups is 1. The first-order chi connectivity index (χ1) is 17.7. The van der Waals surface area contributed by atoms with Gasteiger partial charge in [-0.3, -0.25) is 4.79 Å². The van der Waals surface area contributed by atoms with E-state index in [9.17, 15) is 9.90 Å². The van der Waals surface area contributed by atoms with Crippen molar-refractivity contribution in [3.8, 4) is 11.1 Å². The Balaban J connectivity index is 1.33. The normalized spacial score (nSPS) is 17.2. The number of ether oxygens (including phenoxy) is 1. The number of hydrogen-bond acceptors (Lipinski definition) is 4. The van der Waals surface area contributed by atoms with Gasteiger partial charge in [0.05, 0.1) is 12.1 Å². The van der Waals surface area contributed by atoms with Crippen molar-refractivity contribution in [3.05, 3.63) is 89.2 Å². The number of rotatable bonds is 8. The average Bonchev–Trinajstić information content (AvgIpc) is 3.37. The van der Waals surface area contributed by atoms with Gasteiger partial charge in [0.15, 0.2) is 0 Å². The molecule has 2 aromatic carbocycles. The highest BCUT2D eigenvalue weighted by Crippen LogP contribution is 2.33. The van der Waals surface area contributed by atoms with Crippen molar-refractivity contribution in [2.45, 2.75) is 57.9 Å². The number of aliphatic hydroxyl groups excluding tert-OH is 1. The van der Waals surface area contributed by atoms with Crippen LogP contribution in [0, 0.1) is 6.92 Å². The number of hydrogen-bond donors (Lipinski definition) is 2. The van der Waals surface area contributed by atoms with Crippen molar-refractivity contribution in [1.82, 2.24) is 14.9 Å². The molecule has 1 aliphatic rings. The van der Waals surface area contributed by atoms with E-state index < -0.39 is 20.2 Å². The summed E-state index contributed by atoms with van der Waals surface area (Å²) in [5, 5.41) is 14.6. The predicted octanol–water partition coefficient (Wildman–Crippen LogP) is 5.71. The third-order valence-corrected chi connectivity index (χ3v) is 8.83. The van der Waals surface area contributed by atoms with Crippen LogP contribution in [0.15, 0.2) is 67.0 Å². The number of fused-ring (bicyclic) bond motifs is 2. The monoisotopic (exact) mass is 513 g/mol. The Labute approximate surface area is 219 Å². The number of pyridine rings is 1. The second-order valence-corrected chi connectivity index (χ2v) is 16.8. The Kier molecular flexibility index (Phi) is 7.03. The number of amides is 1. The molecule has 7 heteroatoms. The first-order valence-corrected chi connectivity index (χ1v) is 16.6. The Hall–Kier alpha value is -3.26. The molecule has 2 N–H and O–H groups in total. The predicted molar refractivity (Wildman–Crippen MR) is 150 cm³/mol. The molecule has 5 rings (SSSR count). The number of aromatic nitrogens is 2.